The van der Waals surface area contributed by atoms with Crippen molar-refractivity contribution >= 4 is 17.5 Å². The zero-order valence-electron chi connectivity index (χ0n) is 18.0. The van der Waals surface area contributed by atoms with Gasteiger partial charge in [0.1, 0.15) is 0 Å². The standard InChI is InChI=1S/C24H32N4O2/c1-3-21-11-7-8-12-22(21)25-23(29)18-27-13-15-28(16-14-27)19-24(30)26(2)17-20-9-5-4-6-10-20/h4-12H,3,13-19H2,1-2H3,(H,25,29). The highest BCUT2D eigenvalue weighted by molar-refractivity contribution is 5.93. The molecule has 0 aliphatic carbocycles. The highest BCUT2D eigenvalue weighted by Crippen LogP contribution is 2.15. The fourth-order valence-corrected chi connectivity index (χ4v) is 3.71. The Balaban J connectivity index is 1.40. The number of aryl methyl sites for hydroxylation is 1. The zero-order valence-corrected chi connectivity index (χ0v) is 18.0. The Morgan fingerprint density at radius 2 is 1.50 bits per heavy atom. The Hall–Kier alpha value is -2.70. The van der Waals surface area contributed by atoms with E-state index in [-0.39, 0.29) is 11.8 Å². The number of benzene rings is 2. The molecule has 0 spiro atoms. The monoisotopic (exact) mass is 408 g/mol. The molecule has 160 valence electrons. The van der Waals surface area contributed by atoms with Gasteiger partial charge in [-0.15, -0.1) is 0 Å². The van der Waals surface area contributed by atoms with Crippen molar-refractivity contribution in [3.05, 3.63) is 65.7 Å². The summed E-state index contributed by atoms with van der Waals surface area (Å²) in [7, 11) is 1.85. The molecule has 0 aromatic heterocycles. The topological polar surface area (TPSA) is 55.9 Å². The third-order valence-electron chi connectivity index (χ3n) is 5.55. The number of carbonyl (C=O) groups is 2. The minimum Gasteiger partial charge on any atom is -0.340 e. The molecule has 2 aromatic rings. The molecule has 1 heterocycles. The van der Waals surface area contributed by atoms with Crippen LogP contribution in [-0.4, -0.2) is 72.8 Å². The number of carbonyl (C=O) groups excluding carboxylic acids is 2. The Bertz CT molecular complexity index is 832. The van der Waals surface area contributed by atoms with Crippen LogP contribution < -0.4 is 5.32 Å². The van der Waals surface area contributed by atoms with Crippen LogP contribution in [0.5, 0.6) is 0 Å². The lowest BCUT2D eigenvalue weighted by molar-refractivity contribution is -0.132. The highest BCUT2D eigenvalue weighted by atomic mass is 16.2. The SMILES string of the molecule is CCc1ccccc1NC(=O)CN1CCN(CC(=O)N(C)Cc2ccccc2)CC1. The van der Waals surface area contributed by atoms with Crippen LogP contribution in [0.15, 0.2) is 54.6 Å². The minimum absolute atomic E-state index is 0.0167. The predicted octanol–water partition coefficient (Wildman–Crippen LogP) is 2.46. The van der Waals surface area contributed by atoms with Gasteiger partial charge in [-0.3, -0.25) is 19.4 Å². The first-order valence-electron chi connectivity index (χ1n) is 10.7. The minimum atomic E-state index is 0.0167. The fraction of sp³-hybridized carbons (Fsp3) is 0.417. The number of nitrogens with zero attached hydrogens (tertiary/aromatic N) is 3. The Kier molecular flexibility index (Phi) is 7.99. The molecule has 3 rings (SSSR count). The second-order valence-corrected chi connectivity index (χ2v) is 7.85. The number of anilines is 1. The normalized spacial score (nSPS) is 15.0. The van der Waals surface area contributed by atoms with E-state index < -0.39 is 0 Å². The molecular formula is C24H32N4O2. The molecule has 0 unspecified atom stereocenters. The number of hydrogen-bond acceptors (Lipinski definition) is 4. The van der Waals surface area contributed by atoms with Crippen LogP contribution in [0.3, 0.4) is 0 Å². The maximum atomic E-state index is 12.5. The first-order chi connectivity index (χ1) is 14.5. The van der Waals surface area contributed by atoms with E-state index in [0.717, 1.165) is 49.4 Å². The van der Waals surface area contributed by atoms with Gasteiger partial charge in [0.15, 0.2) is 0 Å². The summed E-state index contributed by atoms with van der Waals surface area (Å²) in [6.07, 6.45) is 0.891. The highest BCUT2D eigenvalue weighted by Gasteiger charge is 2.22. The predicted molar refractivity (Wildman–Crippen MR) is 120 cm³/mol. The number of nitrogens with one attached hydrogen (secondary N) is 1. The smallest absolute Gasteiger partial charge is 0.238 e. The average Bonchev–Trinajstić information content (AvgIpc) is 2.76. The number of amides is 2. The van der Waals surface area contributed by atoms with Crippen molar-refractivity contribution in [3.8, 4) is 0 Å². The molecule has 0 bridgehead atoms. The fourth-order valence-electron chi connectivity index (χ4n) is 3.71. The maximum Gasteiger partial charge on any atom is 0.238 e. The molecule has 6 nitrogen and oxygen atoms in total. The van der Waals surface area contributed by atoms with E-state index >= 15 is 0 Å². The van der Waals surface area contributed by atoms with E-state index in [1.807, 2.05) is 61.6 Å². The zero-order chi connectivity index (χ0) is 21.3. The van der Waals surface area contributed by atoms with Gasteiger partial charge in [-0.1, -0.05) is 55.5 Å². The van der Waals surface area contributed by atoms with E-state index in [0.29, 0.717) is 19.6 Å². The van der Waals surface area contributed by atoms with Gasteiger partial charge < -0.3 is 10.2 Å². The summed E-state index contributed by atoms with van der Waals surface area (Å²) >= 11 is 0. The van der Waals surface area contributed by atoms with Crippen molar-refractivity contribution in [1.82, 2.24) is 14.7 Å². The summed E-state index contributed by atoms with van der Waals surface area (Å²) in [5.41, 5.74) is 3.18. The largest absolute Gasteiger partial charge is 0.340 e. The second-order valence-electron chi connectivity index (χ2n) is 7.85. The van der Waals surface area contributed by atoms with Crippen LogP contribution in [0, 0.1) is 0 Å². The molecule has 1 fully saturated rings. The lowest BCUT2D eigenvalue weighted by Crippen LogP contribution is -2.51. The van der Waals surface area contributed by atoms with Crippen LogP contribution >= 0.6 is 0 Å². The summed E-state index contributed by atoms with van der Waals surface area (Å²) in [5.74, 6) is 0.143. The molecule has 30 heavy (non-hydrogen) atoms. The van der Waals surface area contributed by atoms with Gasteiger partial charge in [0.05, 0.1) is 13.1 Å². The third-order valence-corrected chi connectivity index (χ3v) is 5.55. The molecule has 2 aromatic carbocycles. The van der Waals surface area contributed by atoms with Crippen LogP contribution in [0.25, 0.3) is 0 Å². The lowest BCUT2D eigenvalue weighted by Gasteiger charge is -2.34. The molecule has 1 saturated heterocycles. The summed E-state index contributed by atoms with van der Waals surface area (Å²) in [6, 6.07) is 18.0. The van der Waals surface area contributed by atoms with Crippen LogP contribution in [0.2, 0.25) is 0 Å². The quantitative estimate of drug-likeness (QED) is 0.729. The van der Waals surface area contributed by atoms with Crippen molar-refractivity contribution in [2.45, 2.75) is 19.9 Å². The molecule has 2 amide bonds. The molecule has 0 saturated carbocycles. The van der Waals surface area contributed by atoms with Gasteiger partial charge in [-0.05, 0) is 23.6 Å². The Labute approximate surface area is 179 Å². The molecular weight excluding hydrogens is 376 g/mol. The van der Waals surface area contributed by atoms with E-state index in [2.05, 4.69) is 22.0 Å². The van der Waals surface area contributed by atoms with Crippen molar-refractivity contribution in [2.24, 2.45) is 0 Å². The van der Waals surface area contributed by atoms with Gasteiger partial charge in [0.25, 0.3) is 0 Å². The molecule has 1 aliphatic rings. The van der Waals surface area contributed by atoms with Crippen molar-refractivity contribution in [2.75, 3.05) is 51.6 Å². The van der Waals surface area contributed by atoms with Gasteiger partial charge in [0, 0.05) is 45.5 Å². The van der Waals surface area contributed by atoms with Crippen LogP contribution in [0.1, 0.15) is 18.1 Å². The van der Waals surface area contributed by atoms with Crippen LogP contribution in [-0.2, 0) is 22.6 Å². The van der Waals surface area contributed by atoms with Gasteiger partial charge >= 0.3 is 0 Å². The van der Waals surface area contributed by atoms with Crippen molar-refractivity contribution in [3.63, 3.8) is 0 Å². The molecule has 1 aliphatic heterocycles. The number of piperazine rings is 1. The van der Waals surface area contributed by atoms with Crippen molar-refractivity contribution < 1.29 is 9.59 Å². The summed E-state index contributed by atoms with van der Waals surface area (Å²) in [5, 5.41) is 3.04. The van der Waals surface area contributed by atoms with Gasteiger partial charge in [-0.2, -0.15) is 0 Å². The Morgan fingerprint density at radius 3 is 2.17 bits per heavy atom. The number of hydrogen-bond donors (Lipinski definition) is 1. The van der Waals surface area contributed by atoms with Gasteiger partial charge in [-0.25, -0.2) is 0 Å². The van der Waals surface area contributed by atoms with E-state index in [1.165, 1.54) is 0 Å². The van der Waals surface area contributed by atoms with E-state index in [1.54, 1.807) is 4.90 Å². The Morgan fingerprint density at radius 1 is 0.900 bits per heavy atom. The summed E-state index contributed by atoms with van der Waals surface area (Å²) in [4.78, 5) is 31.1. The molecule has 0 atom stereocenters. The maximum absolute atomic E-state index is 12.5. The van der Waals surface area contributed by atoms with E-state index in [4.69, 9.17) is 0 Å². The van der Waals surface area contributed by atoms with Crippen molar-refractivity contribution in [1.29, 1.82) is 0 Å². The molecule has 6 heteroatoms. The second kappa shape index (κ2) is 10.9. The molecule has 0 radical (unpaired) electrons. The summed E-state index contributed by atoms with van der Waals surface area (Å²) in [6.45, 7) is 6.69. The number of likely N-dealkylation sites (N-methyl/N-ethyl adjacent to an activating group) is 1. The number of para-hydroxylation sites is 1. The van der Waals surface area contributed by atoms with Crippen LogP contribution in [0.4, 0.5) is 5.69 Å². The lowest BCUT2D eigenvalue weighted by atomic mass is 10.1. The van der Waals surface area contributed by atoms with E-state index in [9.17, 15) is 9.59 Å². The first kappa shape index (κ1) is 22.0. The average molecular weight is 409 g/mol. The first-order valence-corrected chi connectivity index (χ1v) is 10.7. The number of rotatable bonds is 8. The molecule has 1 N–H and O–H groups in total. The third kappa shape index (κ3) is 6.40. The van der Waals surface area contributed by atoms with Gasteiger partial charge in [0.2, 0.25) is 11.8 Å². The summed E-state index contributed by atoms with van der Waals surface area (Å²) < 4.78 is 0.